The van der Waals surface area contributed by atoms with Gasteiger partial charge in [0, 0.05) is 33.5 Å². The van der Waals surface area contributed by atoms with E-state index < -0.39 is 5.97 Å². The zero-order valence-electron chi connectivity index (χ0n) is 14.3. The van der Waals surface area contributed by atoms with Crippen molar-refractivity contribution in [2.45, 2.75) is 0 Å². The predicted octanol–water partition coefficient (Wildman–Crippen LogP) is 1.12. The lowest BCUT2D eigenvalue weighted by molar-refractivity contribution is 0.0388. The lowest BCUT2D eigenvalue weighted by atomic mass is 10.1. The van der Waals surface area contributed by atoms with Gasteiger partial charge in [0.05, 0.1) is 31.1 Å². The summed E-state index contributed by atoms with van der Waals surface area (Å²) in [4.78, 5) is 12.1. The first-order valence-electron chi connectivity index (χ1n) is 7.47. The Morgan fingerprint density at radius 2 is 1.33 bits per heavy atom. The van der Waals surface area contributed by atoms with E-state index in [1.807, 2.05) is 0 Å². The lowest BCUT2D eigenvalue weighted by Crippen LogP contribution is -2.14. The molecule has 0 atom stereocenters. The van der Waals surface area contributed by atoms with Gasteiger partial charge in [0.1, 0.15) is 19.8 Å². The molecule has 8 heteroatoms. The molecule has 1 aromatic carbocycles. The Balaban J connectivity index is 2.91. The zero-order chi connectivity index (χ0) is 17.8. The number of rotatable bonds is 12. The van der Waals surface area contributed by atoms with Crippen molar-refractivity contribution < 1.29 is 33.2 Å². The van der Waals surface area contributed by atoms with E-state index in [1.165, 1.54) is 19.2 Å². The van der Waals surface area contributed by atoms with Crippen LogP contribution in [-0.4, -0.2) is 66.9 Å². The van der Waals surface area contributed by atoms with Crippen LogP contribution in [0.25, 0.3) is 0 Å². The van der Waals surface area contributed by atoms with Gasteiger partial charge in [0.25, 0.3) is 0 Å². The highest BCUT2D eigenvalue weighted by Gasteiger charge is 2.17. The van der Waals surface area contributed by atoms with E-state index in [0.29, 0.717) is 44.5 Å². The summed E-state index contributed by atoms with van der Waals surface area (Å²) in [5.74, 6) is 0.259. The third kappa shape index (κ3) is 6.61. The molecule has 0 unspecified atom stereocenters. The van der Waals surface area contributed by atoms with Crippen LogP contribution in [0.1, 0.15) is 10.4 Å². The maximum Gasteiger partial charge on any atom is 0.340 e. The van der Waals surface area contributed by atoms with Crippen LogP contribution in [0.5, 0.6) is 11.5 Å². The van der Waals surface area contributed by atoms with Crippen molar-refractivity contribution in [1.29, 1.82) is 0 Å². The molecule has 1 aromatic rings. The number of nitrogens with two attached hydrogens (primary N) is 1. The highest BCUT2D eigenvalue weighted by molar-refractivity contribution is 5.96. The first kappa shape index (κ1) is 20.0. The second kappa shape index (κ2) is 11.5. The molecule has 1 rings (SSSR count). The van der Waals surface area contributed by atoms with E-state index in [-0.39, 0.29) is 17.9 Å². The highest BCUT2D eigenvalue weighted by atomic mass is 16.6. The topological polar surface area (TPSA) is 98.5 Å². The Kier molecular flexibility index (Phi) is 9.59. The standard InChI is InChI=1S/C16H25NO7/c1-19-4-7-22-14-10-12(16(18)24-9-6-21-3)13(17)11-15(14)23-8-5-20-2/h10-11H,4-9,17H2,1-3H3. The second-order valence-electron chi connectivity index (χ2n) is 4.70. The fourth-order valence-corrected chi connectivity index (χ4v) is 1.74. The largest absolute Gasteiger partial charge is 0.487 e. The maximum atomic E-state index is 12.1. The monoisotopic (exact) mass is 343 g/mol. The minimum atomic E-state index is -0.551. The molecule has 0 heterocycles. The summed E-state index contributed by atoms with van der Waals surface area (Å²) < 4.78 is 31.0. The lowest BCUT2D eigenvalue weighted by Gasteiger charge is -2.15. The molecule has 0 fully saturated rings. The zero-order valence-corrected chi connectivity index (χ0v) is 14.3. The number of benzene rings is 1. The Bertz CT molecular complexity index is 507. The van der Waals surface area contributed by atoms with Crippen LogP contribution < -0.4 is 15.2 Å². The predicted molar refractivity (Wildman–Crippen MR) is 87.8 cm³/mol. The normalized spacial score (nSPS) is 10.5. The van der Waals surface area contributed by atoms with Gasteiger partial charge in [0.2, 0.25) is 0 Å². The van der Waals surface area contributed by atoms with Gasteiger partial charge in [-0.25, -0.2) is 4.79 Å². The van der Waals surface area contributed by atoms with Gasteiger partial charge in [-0.3, -0.25) is 0 Å². The molecule has 0 aliphatic carbocycles. The number of hydrogen-bond acceptors (Lipinski definition) is 8. The van der Waals surface area contributed by atoms with E-state index in [2.05, 4.69) is 0 Å². The summed E-state index contributed by atoms with van der Waals surface area (Å²) in [6, 6.07) is 3.03. The average molecular weight is 343 g/mol. The fraction of sp³-hybridized carbons (Fsp3) is 0.562. The van der Waals surface area contributed by atoms with Crippen molar-refractivity contribution in [1.82, 2.24) is 0 Å². The van der Waals surface area contributed by atoms with Gasteiger partial charge in [-0.15, -0.1) is 0 Å². The second-order valence-corrected chi connectivity index (χ2v) is 4.70. The molecule has 0 amide bonds. The van der Waals surface area contributed by atoms with Gasteiger partial charge in [-0.2, -0.15) is 0 Å². The Morgan fingerprint density at radius 1 is 0.833 bits per heavy atom. The SMILES string of the molecule is COCCOC(=O)c1cc(OCCOC)c(OCCOC)cc1N. The van der Waals surface area contributed by atoms with Crippen LogP contribution in [0.4, 0.5) is 5.69 Å². The molecule has 0 aromatic heterocycles. The first-order chi connectivity index (χ1) is 11.6. The third-order valence-corrected chi connectivity index (χ3v) is 2.95. The molecule has 8 nitrogen and oxygen atoms in total. The number of esters is 1. The molecular weight excluding hydrogens is 318 g/mol. The number of nitrogen functional groups attached to an aromatic ring is 1. The van der Waals surface area contributed by atoms with Gasteiger partial charge < -0.3 is 34.2 Å². The smallest absolute Gasteiger partial charge is 0.340 e. The third-order valence-electron chi connectivity index (χ3n) is 2.95. The van der Waals surface area contributed by atoms with E-state index in [1.54, 1.807) is 14.2 Å². The number of methoxy groups -OCH3 is 3. The number of carbonyl (C=O) groups is 1. The summed E-state index contributed by atoms with van der Waals surface area (Å²) in [5, 5.41) is 0. The molecule has 0 radical (unpaired) electrons. The fourth-order valence-electron chi connectivity index (χ4n) is 1.74. The number of carbonyl (C=O) groups excluding carboxylic acids is 1. The van der Waals surface area contributed by atoms with Crippen molar-refractivity contribution >= 4 is 11.7 Å². The number of anilines is 1. The molecule has 136 valence electrons. The summed E-state index contributed by atoms with van der Waals surface area (Å²) >= 11 is 0. The molecule has 0 spiro atoms. The Hall–Kier alpha value is -2.03. The Labute approximate surface area is 141 Å². The van der Waals surface area contributed by atoms with E-state index in [0.717, 1.165) is 0 Å². The molecule has 24 heavy (non-hydrogen) atoms. The molecule has 2 N–H and O–H groups in total. The maximum absolute atomic E-state index is 12.1. The first-order valence-corrected chi connectivity index (χ1v) is 7.47. The molecule has 0 aliphatic rings. The van der Waals surface area contributed by atoms with Gasteiger partial charge in [-0.05, 0) is 0 Å². The van der Waals surface area contributed by atoms with E-state index in [9.17, 15) is 4.79 Å². The molecule has 0 saturated carbocycles. The van der Waals surface area contributed by atoms with Crippen LogP contribution in [-0.2, 0) is 18.9 Å². The van der Waals surface area contributed by atoms with Crippen molar-refractivity contribution in [2.24, 2.45) is 0 Å². The summed E-state index contributed by atoms with van der Waals surface area (Å²) in [6.07, 6.45) is 0. The quantitative estimate of drug-likeness (QED) is 0.342. The van der Waals surface area contributed by atoms with Crippen LogP contribution in [0, 0.1) is 0 Å². The summed E-state index contributed by atoms with van der Waals surface area (Å²) in [5.41, 5.74) is 6.38. The minimum absolute atomic E-state index is 0.140. The van der Waals surface area contributed by atoms with Crippen LogP contribution in [0.3, 0.4) is 0 Å². The number of ether oxygens (including phenoxy) is 6. The van der Waals surface area contributed by atoms with Gasteiger partial charge in [0.15, 0.2) is 11.5 Å². The van der Waals surface area contributed by atoms with Gasteiger partial charge >= 0.3 is 5.97 Å². The molecular formula is C16H25NO7. The summed E-state index contributed by atoms with van der Waals surface area (Å²) in [6.45, 7) is 1.89. The molecule has 0 saturated heterocycles. The summed E-state index contributed by atoms with van der Waals surface area (Å²) in [7, 11) is 4.67. The number of hydrogen-bond donors (Lipinski definition) is 1. The Morgan fingerprint density at radius 3 is 1.88 bits per heavy atom. The van der Waals surface area contributed by atoms with Crippen LogP contribution >= 0.6 is 0 Å². The molecule has 0 bridgehead atoms. The van der Waals surface area contributed by atoms with Crippen molar-refractivity contribution in [3.8, 4) is 11.5 Å². The van der Waals surface area contributed by atoms with E-state index in [4.69, 9.17) is 34.2 Å². The van der Waals surface area contributed by atoms with Crippen molar-refractivity contribution in [3.63, 3.8) is 0 Å². The average Bonchev–Trinajstić information content (AvgIpc) is 2.57. The van der Waals surface area contributed by atoms with Crippen molar-refractivity contribution in [3.05, 3.63) is 17.7 Å². The van der Waals surface area contributed by atoms with Crippen molar-refractivity contribution in [2.75, 3.05) is 66.7 Å². The van der Waals surface area contributed by atoms with Crippen LogP contribution in [0.15, 0.2) is 12.1 Å². The molecule has 0 aliphatic heterocycles. The van der Waals surface area contributed by atoms with Gasteiger partial charge in [-0.1, -0.05) is 0 Å². The minimum Gasteiger partial charge on any atom is -0.487 e. The van der Waals surface area contributed by atoms with Crippen LogP contribution in [0.2, 0.25) is 0 Å². The van der Waals surface area contributed by atoms with E-state index >= 15 is 0 Å². The highest BCUT2D eigenvalue weighted by Crippen LogP contribution is 2.33.